The lowest BCUT2D eigenvalue weighted by Crippen LogP contribution is -2.03. The van der Waals surface area contributed by atoms with Gasteiger partial charge in [-0.05, 0) is 43.7 Å². The van der Waals surface area contributed by atoms with Crippen LogP contribution in [-0.4, -0.2) is 10.2 Å². The number of hydrogen-bond acceptors (Lipinski definition) is 2. The summed E-state index contributed by atoms with van der Waals surface area (Å²) < 4.78 is 0. The van der Waals surface area contributed by atoms with Gasteiger partial charge in [-0.3, -0.25) is 0 Å². The first-order valence-electron chi connectivity index (χ1n) is 7.18. The molecule has 1 aromatic heterocycles. The van der Waals surface area contributed by atoms with E-state index in [1.807, 2.05) is 6.20 Å². The molecule has 1 aliphatic carbocycles. The summed E-state index contributed by atoms with van der Waals surface area (Å²) in [5.74, 6) is 0. The molecule has 0 atom stereocenters. The molecule has 0 spiro atoms. The summed E-state index contributed by atoms with van der Waals surface area (Å²) in [5, 5.41) is 8.33. The number of hydrogen-bond donors (Lipinski definition) is 0. The fourth-order valence-electron chi connectivity index (χ4n) is 2.79. The van der Waals surface area contributed by atoms with Crippen molar-refractivity contribution >= 4 is 0 Å². The Bertz CT molecular complexity index is 347. The second-order valence-corrected chi connectivity index (χ2v) is 5.26. The minimum atomic E-state index is 1.15. The first-order chi connectivity index (χ1) is 8.38. The van der Waals surface area contributed by atoms with Crippen molar-refractivity contribution in [2.75, 3.05) is 0 Å². The standard InChI is InChI=1S/C15H24N2/c1-13-15-11-9-7-5-3-2-4-6-8-10-14(15)12-16-17-13/h12H,2-11H2,1H3. The Hall–Kier alpha value is -0.920. The van der Waals surface area contributed by atoms with Crippen LogP contribution >= 0.6 is 0 Å². The molecule has 1 heterocycles. The van der Waals surface area contributed by atoms with E-state index < -0.39 is 0 Å². The van der Waals surface area contributed by atoms with E-state index in [1.54, 1.807) is 0 Å². The van der Waals surface area contributed by atoms with Gasteiger partial charge < -0.3 is 0 Å². The minimum absolute atomic E-state index is 1.15. The molecule has 94 valence electrons. The molecule has 0 saturated carbocycles. The average Bonchev–Trinajstić information content (AvgIpc) is 2.31. The molecule has 2 rings (SSSR count). The molecule has 0 aromatic carbocycles. The largest absolute Gasteiger partial charge is 0.159 e. The number of aryl methyl sites for hydroxylation is 2. The third kappa shape index (κ3) is 3.79. The van der Waals surface area contributed by atoms with Gasteiger partial charge in [0.05, 0.1) is 11.9 Å². The molecule has 0 amide bonds. The molecule has 0 N–H and O–H groups in total. The smallest absolute Gasteiger partial charge is 0.0634 e. The zero-order valence-corrected chi connectivity index (χ0v) is 11.0. The Morgan fingerprint density at radius 2 is 1.41 bits per heavy atom. The molecule has 0 saturated heterocycles. The number of fused-ring (bicyclic) bond motifs is 1. The topological polar surface area (TPSA) is 25.8 Å². The minimum Gasteiger partial charge on any atom is -0.159 e. The van der Waals surface area contributed by atoms with Crippen LogP contribution in [-0.2, 0) is 12.8 Å². The van der Waals surface area contributed by atoms with Gasteiger partial charge in [0.25, 0.3) is 0 Å². The van der Waals surface area contributed by atoms with Gasteiger partial charge in [-0.1, -0.05) is 38.5 Å². The fourth-order valence-corrected chi connectivity index (χ4v) is 2.79. The highest BCUT2D eigenvalue weighted by atomic mass is 15.1. The van der Waals surface area contributed by atoms with Crippen molar-refractivity contribution < 1.29 is 0 Å². The fraction of sp³-hybridized carbons (Fsp3) is 0.733. The molecule has 1 aromatic rings. The summed E-state index contributed by atoms with van der Waals surface area (Å²) in [6.07, 6.45) is 15.5. The van der Waals surface area contributed by atoms with Crippen LogP contribution in [0, 0.1) is 6.92 Å². The molecule has 2 nitrogen and oxygen atoms in total. The molecule has 0 unspecified atom stereocenters. The average molecular weight is 232 g/mol. The molecular weight excluding hydrogens is 208 g/mol. The predicted molar refractivity (Wildman–Crippen MR) is 71.1 cm³/mol. The van der Waals surface area contributed by atoms with Gasteiger partial charge in [0.1, 0.15) is 0 Å². The Labute approximate surface area is 105 Å². The van der Waals surface area contributed by atoms with Crippen LogP contribution in [0.25, 0.3) is 0 Å². The Morgan fingerprint density at radius 1 is 0.824 bits per heavy atom. The van der Waals surface area contributed by atoms with Crippen molar-refractivity contribution in [3.63, 3.8) is 0 Å². The van der Waals surface area contributed by atoms with E-state index in [4.69, 9.17) is 0 Å². The lowest BCUT2D eigenvalue weighted by atomic mass is 9.95. The summed E-state index contributed by atoms with van der Waals surface area (Å²) in [4.78, 5) is 0. The van der Waals surface area contributed by atoms with Crippen LogP contribution < -0.4 is 0 Å². The lowest BCUT2D eigenvalue weighted by Gasteiger charge is -2.12. The first kappa shape index (κ1) is 12.5. The molecule has 2 heteroatoms. The summed E-state index contributed by atoms with van der Waals surface area (Å²) >= 11 is 0. The van der Waals surface area contributed by atoms with Gasteiger partial charge in [0, 0.05) is 0 Å². The van der Waals surface area contributed by atoms with Gasteiger partial charge in [0.15, 0.2) is 0 Å². The van der Waals surface area contributed by atoms with Gasteiger partial charge in [-0.25, -0.2) is 0 Å². The van der Waals surface area contributed by atoms with Crippen LogP contribution in [0.15, 0.2) is 6.20 Å². The molecule has 0 radical (unpaired) electrons. The maximum atomic E-state index is 4.21. The third-order valence-electron chi connectivity index (χ3n) is 3.87. The van der Waals surface area contributed by atoms with Gasteiger partial charge in [-0.15, -0.1) is 0 Å². The highest BCUT2D eigenvalue weighted by Gasteiger charge is 2.08. The lowest BCUT2D eigenvalue weighted by molar-refractivity contribution is 0.557. The van der Waals surface area contributed by atoms with Crippen LogP contribution in [0.3, 0.4) is 0 Å². The van der Waals surface area contributed by atoms with E-state index in [0.717, 1.165) is 5.69 Å². The normalized spacial score (nSPS) is 18.9. The molecular formula is C15H24N2. The van der Waals surface area contributed by atoms with Crippen molar-refractivity contribution in [1.82, 2.24) is 10.2 Å². The van der Waals surface area contributed by atoms with Crippen molar-refractivity contribution in [2.24, 2.45) is 0 Å². The summed E-state index contributed by atoms with van der Waals surface area (Å²) in [5.41, 5.74) is 4.10. The van der Waals surface area contributed by atoms with Crippen LogP contribution in [0.4, 0.5) is 0 Å². The number of aromatic nitrogens is 2. The first-order valence-corrected chi connectivity index (χ1v) is 7.18. The van der Waals surface area contributed by atoms with Crippen LogP contribution in [0.5, 0.6) is 0 Å². The summed E-state index contributed by atoms with van der Waals surface area (Å²) in [6.45, 7) is 2.11. The van der Waals surface area contributed by atoms with E-state index in [-0.39, 0.29) is 0 Å². The SMILES string of the molecule is Cc1nncc2c1CCCCCCCCCC2. The maximum Gasteiger partial charge on any atom is 0.0634 e. The highest BCUT2D eigenvalue weighted by Crippen LogP contribution is 2.19. The monoisotopic (exact) mass is 232 g/mol. The van der Waals surface area contributed by atoms with Crippen LogP contribution in [0.1, 0.15) is 68.2 Å². The molecule has 17 heavy (non-hydrogen) atoms. The summed E-state index contributed by atoms with van der Waals surface area (Å²) in [7, 11) is 0. The van der Waals surface area contributed by atoms with Crippen molar-refractivity contribution in [1.29, 1.82) is 0 Å². The predicted octanol–water partition coefficient (Wildman–Crippen LogP) is 4.00. The van der Waals surface area contributed by atoms with Gasteiger partial charge in [-0.2, -0.15) is 10.2 Å². The Kier molecular flexibility index (Phi) is 4.96. The molecule has 0 aliphatic heterocycles. The molecule has 0 bridgehead atoms. The third-order valence-corrected chi connectivity index (χ3v) is 3.87. The second kappa shape index (κ2) is 6.73. The summed E-state index contributed by atoms with van der Waals surface area (Å²) in [6, 6.07) is 0. The van der Waals surface area contributed by atoms with E-state index in [0.29, 0.717) is 0 Å². The zero-order valence-electron chi connectivity index (χ0n) is 11.0. The highest BCUT2D eigenvalue weighted by molar-refractivity contribution is 5.27. The van der Waals surface area contributed by atoms with E-state index in [9.17, 15) is 0 Å². The molecule has 1 aliphatic rings. The number of nitrogens with zero attached hydrogens (tertiary/aromatic N) is 2. The van der Waals surface area contributed by atoms with E-state index in [2.05, 4.69) is 17.1 Å². The number of rotatable bonds is 0. The Balaban J connectivity index is 2.08. The quantitative estimate of drug-likeness (QED) is 0.675. The van der Waals surface area contributed by atoms with Gasteiger partial charge >= 0.3 is 0 Å². The van der Waals surface area contributed by atoms with Crippen molar-refractivity contribution in [3.8, 4) is 0 Å². The van der Waals surface area contributed by atoms with Gasteiger partial charge in [0.2, 0.25) is 0 Å². The van der Waals surface area contributed by atoms with Crippen LogP contribution in [0.2, 0.25) is 0 Å². The van der Waals surface area contributed by atoms with Crippen molar-refractivity contribution in [3.05, 3.63) is 23.0 Å². The van der Waals surface area contributed by atoms with Crippen molar-refractivity contribution in [2.45, 2.75) is 71.1 Å². The zero-order chi connectivity index (χ0) is 11.9. The molecule has 0 fully saturated rings. The second-order valence-electron chi connectivity index (χ2n) is 5.26. The van der Waals surface area contributed by atoms with E-state index >= 15 is 0 Å². The Morgan fingerprint density at radius 3 is 2.12 bits per heavy atom. The van der Waals surface area contributed by atoms with E-state index in [1.165, 1.54) is 75.3 Å². The maximum absolute atomic E-state index is 4.21.